The van der Waals surface area contributed by atoms with Crippen LogP contribution >= 0.6 is 11.8 Å². The molecule has 0 saturated heterocycles. The van der Waals surface area contributed by atoms with E-state index in [2.05, 4.69) is 9.97 Å². The van der Waals surface area contributed by atoms with Crippen LogP contribution in [0.3, 0.4) is 0 Å². The summed E-state index contributed by atoms with van der Waals surface area (Å²) >= 11 is 1.20. The highest BCUT2D eigenvalue weighted by Gasteiger charge is 2.14. The number of nitrogens with zero attached hydrogens (tertiary/aromatic N) is 3. The fourth-order valence-corrected chi connectivity index (χ4v) is 2.64. The first-order valence-electron chi connectivity index (χ1n) is 6.77. The summed E-state index contributed by atoms with van der Waals surface area (Å²) in [6, 6.07) is 3.80. The van der Waals surface area contributed by atoms with E-state index in [1.165, 1.54) is 11.8 Å². The van der Waals surface area contributed by atoms with Gasteiger partial charge in [-0.3, -0.25) is 4.79 Å². The molecule has 0 radical (unpaired) electrons. The lowest BCUT2D eigenvalue weighted by molar-refractivity contribution is -0.133. The molecule has 0 aliphatic heterocycles. The van der Waals surface area contributed by atoms with Gasteiger partial charge >= 0.3 is 5.97 Å². The van der Waals surface area contributed by atoms with Crippen molar-refractivity contribution in [2.24, 2.45) is 0 Å². The van der Waals surface area contributed by atoms with Crippen molar-refractivity contribution in [2.75, 3.05) is 12.4 Å². The molecular weight excluding hydrogens is 290 g/mol. The minimum Gasteiger partial charge on any atom is -0.481 e. The second-order valence-corrected chi connectivity index (χ2v) is 5.89. The Balaban J connectivity index is 2.28. The number of aryl methyl sites for hydroxylation is 1. The van der Waals surface area contributed by atoms with Crippen LogP contribution in [0.5, 0.6) is 0 Å². The highest BCUT2D eigenvalue weighted by atomic mass is 32.2. The average Bonchev–Trinajstić information content (AvgIpc) is 2.74. The number of fused-ring (bicyclic) bond motifs is 1. The fraction of sp³-hybridized carbons (Fsp3) is 0.500. The zero-order chi connectivity index (χ0) is 15.4. The predicted octanol–water partition coefficient (Wildman–Crippen LogP) is 2.34. The molecule has 2 aromatic heterocycles. The van der Waals surface area contributed by atoms with Crippen LogP contribution in [0.25, 0.3) is 11.2 Å². The molecule has 0 aliphatic rings. The first-order chi connectivity index (χ1) is 9.97. The molecule has 114 valence electrons. The van der Waals surface area contributed by atoms with Crippen molar-refractivity contribution < 1.29 is 14.6 Å². The molecule has 0 atom stereocenters. The maximum atomic E-state index is 10.8. The van der Waals surface area contributed by atoms with Crippen molar-refractivity contribution in [3.63, 3.8) is 0 Å². The summed E-state index contributed by atoms with van der Waals surface area (Å²) in [6.45, 7) is 7.03. The number of imidazole rings is 1. The van der Waals surface area contributed by atoms with Gasteiger partial charge < -0.3 is 14.4 Å². The van der Waals surface area contributed by atoms with E-state index in [0.717, 1.165) is 16.9 Å². The van der Waals surface area contributed by atoms with Gasteiger partial charge in [-0.25, -0.2) is 9.97 Å². The summed E-state index contributed by atoms with van der Waals surface area (Å²) < 4.78 is 7.50. The quantitative estimate of drug-likeness (QED) is 0.791. The van der Waals surface area contributed by atoms with E-state index in [0.29, 0.717) is 18.3 Å². The van der Waals surface area contributed by atoms with Crippen LogP contribution in [-0.2, 0) is 16.1 Å². The number of pyridine rings is 1. The van der Waals surface area contributed by atoms with E-state index in [-0.39, 0.29) is 11.9 Å². The number of thioether (sulfide) groups is 1. The van der Waals surface area contributed by atoms with Gasteiger partial charge in [-0.15, -0.1) is 0 Å². The zero-order valence-corrected chi connectivity index (χ0v) is 13.2. The number of hydrogen-bond donors (Lipinski definition) is 1. The number of carboxylic acid groups (broad SMARTS) is 1. The van der Waals surface area contributed by atoms with Crippen LogP contribution < -0.4 is 0 Å². The third kappa shape index (κ3) is 4.18. The van der Waals surface area contributed by atoms with Crippen LogP contribution in [0.15, 0.2) is 17.3 Å². The Morgan fingerprint density at radius 1 is 1.43 bits per heavy atom. The molecule has 1 N–H and O–H groups in total. The van der Waals surface area contributed by atoms with Gasteiger partial charge in [0.15, 0.2) is 10.8 Å². The Kier molecular flexibility index (Phi) is 5.19. The van der Waals surface area contributed by atoms with Crippen molar-refractivity contribution >= 4 is 28.9 Å². The van der Waals surface area contributed by atoms with Gasteiger partial charge in [-0.05, 0) is 32.9 Å². The maximum absolute atomic E-state index is 10.8. The maximum Gasteiger partial charge on any atom is 0.313 e. The Morgan fingerprint density at radius 3 is 2.86 bits per heavy atom. The Bertz CT molecular complexity index is 640. The smallest absolute Gasteiger partial charge is 0.313 e. The molecule has 0 amide bonds. The van der Waals surface area contributed by atoms with Gasteiger partial charge in [0.1, 0.15) is 5.52 Å². The van der Waals surface area contributed by atoms with Crippen LogP contribution in [0.1, 0.15) is 19.5 Å². The summed E-state index contributed by atoms with van der Waals surface area (Å²) in [7, 11) is 0. The minimum absolute atomic E-state index is 0.0205. The van der Waals surface area contributed by atoms with Gasteiger partial charge in [0.05, 0.1) is 25.0 Å². The Labute approximate surface area is 127 Å². The van der Waals surface area contributed by atoms with E-state index in [1.807, 2.05) is 37.5 Å². The van der Waals surface area contributed by atoms with Crippen molar-refractivity contribution in [2.45, 2.75) is 38.6 Å². The number of hydrogen-bond acceptors (Lipinski definition) is 5. The lowest BCUT2D eigenvalue weighted by Gasteiger charge is -2.10. The third-order valence-electron chi connectivity index (χ3n) is 2.79. The molecule has 0 aromatic carbocycles. The molecule has 0 saturated carbocycles. The Morgan fingerprint density at radius 2 is 2.19 bits per heavy atom. The predicted molar refractivity (Wildman–Crippen MR) is 81.7 cm³/mol. The molecule has 0 bridgehead atoms. The third-order valence-corrected chi connectivity index (χ3v) is 3.75. The number of rotatable bonds is 7. The normalized spacial score (nSPS) is 11.4. The van der Waals surface area contributed by atoms with Gasteiger partial charge in [0.2, 0.25) is 0 Å². The molecule has 0 spiro atoms. The molecule has 2 heterocycles. The second kappa shape index (κ2) is 6.91. The van der Waals surface area contributed by atoms with Gasteiger partial charge in [-0.2, -0.15) is 0 Å². The number of carbonyl (C=O) groups is 1. The van der Waals surface area contributed by atoms with E-state index in [9.17, 15) is 4.79 Å². The van der Waals surface area contributed by atoms with E-state index >= 15 is 0 Å². The van der Waals surface area contributed by atoms with Crippen LogP contribution in [-0.4, -0.2) is 44.1 Å². The number of aliphatic carboxylic acids is 1. The molecule has 2 aromatic rings. The lowest BCUT2D eigenvalue weighted by atomic mass is 10.3. The SMILES string of the molecule is Cc1ccc2nc(SCC(=O)O)n(CCOC(C)C)c2n1. The molecule has 7 heteroatoms. The van der Waals surface area contributed by atoms with Crippen molar-refractivity contribution in [3.05, 3.63) is 17.8 Å². The fourth-order valence-electron chi connectivity index (χ4n) is 1.89. The lowest BCUT2D eigenvalue weighted by Crippen LogP contribution is -2.12. The van der Waals surface area contributed by atoms with Crippen LogP contribution in [0.2, 0.25) is 0 Å². The summed E-state index contributed by atoms with van der Waals surface area (Å²) in [4.78, 5) is 19.7. The second-order valence-electron chi connectivity index (χ2n) is 4.94. The number of carboxylic acids is 1. The molecule has 0 fully saturated rings. The zero-order valence-electron chi connectivity index (χ0n) is 12.4. The van der Waals surface area contributed by atoms with Gasteiger partial charge in [0.25, 0.3) is 0 Å². The summed E-state index contributed by atoms with van der Waals surface area (Å²) in [5.74, 6) is -0.881. The van der Waals surface area contributed by atoms with Crippen molar-refractivity contribution in [1.82, 2.24) is 14.5 Å². The van der Waals surface area contributed by atoms with Gasteiger partial charge in [-0.1, -0.05) is 11.8 Å². The monoisotopic (exact) mass is 309 g/mol. The molecule has 6 nitrogen and oxygen atoms in total. The largest absolute Gasteiger partial charge is 0.481 e. The standard InChI is InChI=1S/C14H19N3O3S/c1-9(2)20-7-6-17-13-11(5-4-10(3)15-13)16-14(17)21-8-12(18)19/h4-5,9H,6-8H2,1-3H3,(H,18,19). The van der Waals surface area contributed by atoms with E-state index in [4.69, 9.17) is 9.84 Å². The average molecular weight is 309 g/mol. The molecular formula is C14H19N3O3S. The summed E-state index contributed by atoms with van der Waals surface area (Å²) in [5, 5.41) is 9.50. The summed E-state index contributed by atoms with van der Waals surface area (Å²) in [5.41, 5.74) is 2.46. The summed E-state index contributed by atoms with van der Waals surface area (Å²) in [6.07, 6.45) is 0.157. The number of ether oxygens (including phenoxy) is 1. The van der Waals surface area contributed by atoms with Crippen LogP contribution in [0.4, 0.5) is 0 Å². The van der Waals surface area contributed by atoms with Crippen molar-refractivity contribution in [3.8, 4) is 0 Å². The highest BCUT2D eigenvalue weighted by molar-refractivity contribution is 7.99. The number of aromatic nitrogens is 3. The molecule has 21 heavy (non-hydrogen) atoms. The van der Waals surface area contributed by atoms with Crippen molar-refractivity contribution in [1.29, 1.82) is 0 Å². The first-order valence-corrected chi connectivity index (χ1v) is 7.76. The molecule has 2 rings (SSSR count). The minimum atomic E-state index is -0.860. The van der Waals surface area contributed by atoms with Crippen LogP contribution in [0, 0.1) is 6.92 Å². The molecule has 0 aliphatic carbocycles. The first kappa shape index (κ1) is 15.8. The topological polar surface area (TPSA) is 77.2 Å². The van der Waals surface area contributed by atoms with E-state index < -0.39 is 5.97 Å². The van der Waals surface area contributed by atoms with Gasteiger partial charge in [0, 0.05) is 5.69 Å². The highest BCUT2D eigenvalue weighted by Crippen LogP contribution is 2.23. The van der Waals surface area contributed by atoms with E-state index in [1.54, 1.807) is 0 Å². The Hall–Kier alpha value is -1.60. The molecule has 0 unspecified atom stereocenters.